The van der Waals surface area contributed by atoms with Gasteiger partial charge in [-0.05, 0) is 79.3 Å². The lowest BCUT2D eigenvalue weighted by Gasteiger charge is -2.31. The average Bonchev–Trinajstić information content (AvgIpc) is 1.64. The highest BCUT2D eigenvalue weighted by Gasteiger charge is 2.42. The lowest BCUT2D eigenvalue weighted by molar-refractivity contribution is -0.193. The van der Waals surface area contributed by atoms with E-state index in [-0.39, 0.29) is 101 Å². The van der Waals surface area contributed by atoms with Crippen molar-refractivity contribution in [3.8, 4) is 5.75 Å². The van der Waals surface area contributed by atoms with E-state index in [0.29, 0.717) is 33.4 Å². The number of aliphatic carboxylic acids is 2. The summed E-state index contributed by atoms with van der Waals surface area (Å²) in [5.41, 5.74) is 30.9. The number of hydrogen-bond acceptors (Lipinski definition) is 17. The predicted octanol–water partition coefficient (Wildman–Crippen LogP) is -0.302. The van der Waals surface area contributed by atoms with Crippen molar-refractivity contribution in [2.45, 2.75) is 144 Å². The van der Waals surface area contributed by atoms with Gasteiger partial charge < -0.3 is 96.7 Å². The third-order valence-electron chi connectivity index (χ3n) is 16.4. The van der Waals surface area contributed by atoms with Crippen LogP contribution in [0.5, 0.6) is 5.75 Å². The number of carbonyl (C=O) groups excluding carboxylic acids is 12. The van der Waals surface area contributed by atoms with Crippen LogP contribution in [-0.2, 0) is 88.0 Å². The monoisotopic (exact) mass is 1580 g/mol. The second-order valence-electron chi connectivity index (χ2n) is 25.1. The number of phenolic OH excluding ortho intramolecular Hbond substituents is 1. The van der Waals surface area contributed by atoms with Crippen LogP contribution in [0.4, 0.5) is 26.3 Å². The maximum Gasteiger partial charge on any atom is 0.490 e. The van der Waals surface area contributed by atoms with Gasteiger partial charge in [0.25, 0.3) is 0 Å². The number of hydrogen-bond donors (Lipinski definition) is 19. The summed E-state index contributed by atoms with van der Waals surface area (Å²) in [6.07, 6.45) is -12.3. The Kier molecular flexibility index (Phi) is 36.6. The fourth-order valence-electron chi connectivity index (χ4n) is 10.9. The number of nitrogens with zero attached hydrogens (tertiary/aromatic N) is 1. The lowest BCUT2D eigenvalue weighted by atomic mass is 9.98. The van der Waals surface area contributed by atoms with Crippen LogP contribution >= 0.6 is 0 Å². The van der Waals surface area contributed by atoms with Crippen molar-refractivity contribution in [1.29, 1.82) is 10.8 Å². The number of carbonyl (C=O) groups is 14. The van der Waals surface area contributed by atoms with Gasteiger partial charge in [0.2, 0.25) is 65.0 Å². The van der Waals surface area contributed by atoms with Crippen LogP contribution in [0.15, 0.2) is 140 Å². The number of nitrogens with one attached hydrogen (secondary N) is 11. The Bertz CT molecular complexity index is 4070. The van der Waals surface area contributed by atoms with Gasteiger partial charge in [-0.15, -0.1) is 0 Å². The van der Waals surface area contributed by atoms with Gasteiger partial charge >= 0.3 is 24.3 Å². The van der Waals surface area contributed by atoms with E-state index in [1.54, 1.807) is 115 Å². The van der Waals surface area contributed by atoms with Gasteiger partial charge in [-0.2, -0.15) is 26.3 Å². The molecule has 1 heterocycles. The van der Waals surface area contributed by atoms with Gasteiger partial charge in [-0.1, -0.05) is 127 Å². The highest BCUT2D eigenvalue weighted by atomic mass is 19.4. The summed E-state index contributed by atoms with van der Waals surface area (Å²) >= 11 is 0. The smallest absolute Gasteiger partial charge is 0.490 e. The first-order valence-corrected chi connectivity index (χ1v) is 34.3. The Labute approximate surface area is 635 Å². The SMILES string of the molecule is N=C(N)NCCC[C@H](NC(=O)[C@@H]1CCCN1C(=O)[C@H](CCCNC(=N)N)NC(=O)[C@H](CC(N)=O)NC(=O)[C@H](CCC(N)=O)NC(=O)[C@H](Cc1ccccc1)NC(=O)[C@@H](Cc1ccc(C(=O)c2ccccc2)cc1)NC(=O)Cc1ccccc1)C(=O)N[C@@H](Cc1ccc(O)cc1)C(N)=O.O=C(O)C(F)(F)F.O=C(O)C(F)(F)F. The van der Waals surface area contributed by atoms with Gasteiger partial charge in [0.15, 0.2) is 17.7 Å². The van der Waals surface area contributed by atoms with E-state index in [1.807, 2.05) is 0 Å². The third kappa shape index (κ3) is 33.1. The molecule has 112 heavy (non-hydrogen) atoms. The first-order valence-electron chi connectivity index (χ1n) is 34.3. The van der Waals surface area contributed by atoms with E-state index in [0.717, 1.165) is 0 Å². The molecular weight excluding hydrogens is 1490 g/mol. The van der Waals surface area contributed by atoms with Crippen molar-refractivity contribution < 1.29 is 109 Å². The van der Waals surface area contributed by atoms with Crippen molar-refractivity contribution in [2.24, 2.45) is 28.7 Å². The zero-order chi connectivity index (χ0) is 83.4. The molecule has 6 rings (SSSR count). The minimum atomic E-state index is -5.08. The number of phenols is 1. The number of carboxylic acid groups (broad SMARTS) is 2. The van der Waals surface area contributed by atoms with E-state index < -0.39 is 163 Å². The predicted molar refractivity (Wildman–Crippen MR) is 387 cm³/mol. The molecule has 8 atom stereocenters. The van der Waals surface area contributed by atoms with Crippen LogP contribution in [0.2, 0.25) is 0 Å². The molecule has 0 spiro atoms. The van der Waals surface area contributed by atoms with Crippen LogP contribution < -0.4 is 76.5 Å². The van der Waals surface area contributed by atoms with E-state index in [4.69, 9.17) is 59.3 Å². The quantitative estimate of drug-likeness (QED) is 0.00793. The van der Waals surface area contributed by atoms with Crippen molar-refractivity contribution in [2.75, 3.05) is 19.6 Å². The van der Waals surface area contributed by atoms with Crippen molar-refractivity contribution in [3.05, 3.63) is 173 Å². The Morgan fingerprint density at radius 3 is 1.31 bits per heavy atom. The van der Waals surface area contributed by atoms with E-state index in [9.17, 15) is 89.0 Å². The summed E-state index contributed by atoms with van der Waals surface area (Å²) < 4.78 is 63.5. The molecule has 5 aromatic carbocycles. The van der Waals surface area contributed by atoms with E-state index in [2.05, 4.69) is 47.9 Å². The van der Waals surface area contributed by atoms with Crippen LogP contribution in [-0.4, -0.2) is 195 Å². The number of rotatable bonds is 38. The maximum atomic E-state index is 14.8. The molecule has 0 aromatic heterocycles. The minimum Gasteiger partial charge on any atom is -0.508 e. The number of ketones is 1. The van der Waals surface area contributed by atoms with Gasteiger partial charge in [0, 0.05) is 56.4 Å². The molecule has 604 valence electrons. The largest absolute Gasteiger partial charge is 0.508 e. The number of aromatic hydroxyl groups is 1. The summed E-state index contributed by atoms with van der Waals surface area (Å²) in [6, 6.07) is 26.2. The fraction of sp³-hybridized carbons (Fsp3) is 0.361. The summed E-state index contributed by atoms with van der Waals surface area (Å²) in [6.45, 7) is 0.0812. The molecule has 40 heteroatoms. The molecule has 1 aliphatic heterocycles. The highest BCUT2D eigenvalue weighted by Crippen LogP contribution is 2.22. The number of carboxylic acids is 2. The van der Waals surface area contributed by atoms with Crippen LogP contribution in [0.25, 0.3) is 0 Å². The first-order chi connectivity index (χ1) is 52.7. The molecule has 34 nitrogen and oxygen atoms in total. The maximum absolute atomic E-state index is 14.8. The summed E-state index contributed by atoms with van der Waals surface area (Å²) in [5.74, 6) is -16.6. The molecule has 5 aromatic rings. The summed E-state index contributed by atoms with van der Waals surface area (Å²) in [7, 11) is 0. The van der Waals surface area contributed by atoms with Crippen LogP contribution in [0.1, 0.15) is 96.0 Å². The number of primary amides is 3. The molecule has 0 radical (unpaired) electrons. The molecule has 0 unspecified atom stereocenters. The van der Waals surface area contributed by atoms with Crippen LogP contribution in [0.3, 0.4) is 0 Å². The minimum absolute atomic E-state index is 0.0116. The Balaban J connectivity index is 0.00000172. The second kappa shape index (κ2) is 44.9. The fourth-order valence-corrected chi connectivity index (χ4v) is 10.9. The number of guanidine groups is 2. The molecule has 0 saturated carbocycles. The Morgan fingerprint density at radius 2 is 0.839 bits per heavy atom. The zero-order valence-electron chi connectivity index (χ0n) is 59.9. The molecule has 1 fully saturated rings. The van der Waals surface area contributed by atoms with E-state index in [1.165, 1.54) is 29.2 Å². The third-order valence-corrected chi connectivity index (χ3v) is 16.4. The number of benzene rings is 5. The first kappa shape index (κ1) is 91.2. The lowest BCUT2D eigenvalue weighted by Crippen LogP contribution is -2.61. The molecule has 24 N–H and O–H groups in total. The molecule has 0 aliphatic carbocycles. The highest BCUT2D eigenvalue weighted by molar-refractivity contribution is 6.09. The Morgan fingerprint density at radius 1 is 0.455 bits per heavy atom. The Hall–Kier alpha value is -13.2. The molecule has 11 amide bonds. The summed E-state index contributed by atoms with van der Waals surface area (Å²) in [4.78, 5) is 185. The van der Waals surface area contributed by atoms with Crippen molar-refractivity contribution >= 4 is 94.6 Å². The topological polar surface area (TPSA) is 589 Å². The average molecular weight is 1580 g/mol. The molecular formula is C72H87F6N17O17. The number of alkyl halides is 6. The summed E-state index contributed by atoms with van der Waals surface area (Å²) in [5, 5.41) is 62.7. The molecule has 0 bridgehead atoms. The number of nitrogens with two attached hydrogens (primary N) is 5. The number of halogens is 6. The van der Waals surface area contributed by atoms with Crippen molar-refractivity contribution in [1.82, 2.24) is 52.8 Å². The molecule has 1 saturated heterocycles. The van der Waals surface area contributed by atoms with Crippen LogP contribution in [0, 0.1) is 10.8 Å². The van der Waals surface area contributed by atoms with Gasteiger partial charge in [-0.25, -0.2) is 9.59 Å². The standard InChI is InChI=1S/C68H85N17O13.2C2HF3O2/c69-55(87)31-30-48(79-63(95)52(36-40-13-4-1-5-14-40)83-62(94)51(78-57(89)38-41-15-6-2-7-16-41)37-42-22-26-45(27-23-42)58(90)44-17-8-3-9-18-44)61(93)84-53(39-56(70)88)64(96)81-49(20-11-33-77-68(74)75)66(98)85-34-12-21-54(85)65(97)80-47(19-10-32-76-67(72)73)60(92)82-50(59(71)91)35-43-24-28-46(86)29-25-43;2*3-2(4,5)1(6)7/h1-9,13-18,22-29,47-54,86H,10-12,19-21,30-39H2,(H2,69,87)(H2,70,88)(H2,71,91)(H,78,89)(H,79,95)(H,80,97)(H,81,96)(H,82,92)(H,83,94)(H,84,93)(H4,72,73,76)(H4,74,75,77);2*(H,6,7)/t47-,48-,49-,50-,51+,52-,53-,54-;;/m0../s1. The van der Waals surface area contributed by atoms with E-state index >= 15 is 0 Å². The number of amides is 11. The molecule has 1 aliphatic rings. The number of likely N-dealkylation sites (tertiary alicyclic amines) is 1. The normalized spacial score (nSPS) is 14.1. The second-order valence-corrected chi connectivity index (χ2v) is 25.1. The van der Waals surface area contributed by atoms with Gasteiger partial charge in [-0.3, -0.25) is 68.4 Å². The van der Waals surface area contributed by atoms with Gasteiger partial charge in [0.1, 0.15) is 54.1 Å². The van der Waals surface area contributed by atoms with Gasteiger partial charge in [0.05, 0.1) is 12.8 Å². The zero-order valence-corrected chi connectivity index (χ0v) is 59.9. The van der Waals surface area contributed by atoms with Crippen molar-refractivity contribution in [3.63, 3.8) is 0 Å².